The molecule has 7 heteroatoms. The Kier molecular flexibility index (Phi) is 4.05. The molecule has 100 valence electrons. The maximum Gasteiger partial charge on any atom is 0.249 e. The molecule has 0 aliphatic carbocycles. The van der Waals surface area contributed by atoms with Crippen molar-refractivity contribution in [3.05, 3.63) is 0 Å². The number of carbonyl (C=O) groups excluding carboxylic acids is 3. The number of thiocarbonyl (C=S) groups is 1. The molecule has 0 aromatic rings. The third-order valence-corrected chi connectivity index (χ3v) is 3.86. The molecule has 0 radical (unpaired) electrons. The quantitative estimate of drug-likeness (QED) is 0.536. The molecule has 2 atom stereocenters. The summed E-state index contributed by atoms with van der Waals surface area (Å²) in [5.74, 6) is -1.36. The molecule has 3 N–H and O–H groups in total. The molecule has 0 aromatic carbocycles. The molecule has 1 aliphatic heterocycles. The van der Waals surface area contributed by atoms with Gasteiger partial charge in [-0.25, -0.2) is 0 Å². The Hall–Kier alpha value is -1.50. The van der Waals surface area contributed by atoms with Gasteiger partial charge in [0.15, 0.2) is 0 Å². The van der Waals surface area contributed by atoms with Gasteiger partial charge in [-0.15, -0.1) is 0 Å². The summed E-state index contributed by atoms with van der Waals surface area (Å²) in [6, 6.07) is -0.699. The van der Waals surface area contributed by atoms with Crippen LogP contribution in [0.25, 0.3) is 0 Å². The van der Waals surface area contributed by atoms with Gasteiger partial charge in [0.05, 0.1) is 10.4 Å². The van der Waals surface area contributed by atoms with Gasteiger partial charge in [-0.05, 0) is 20.3 Å². The standard InChI is InChI=1S/C11H17N3O3S/c1-4-11(3,9(12)18)10(17)14-5-7(15)13-8(16)6(14)2/h6H,4-5H2,1-3H3,(H2,12,18)(H,13,15,16). The van der Waals surface area contributed by atoms with Crippen LogP contribution < -0.4 is 11.1 Å². The average molecular weight is 271 g/mol. The van der Waals surface area contributed by atoms with E-state index >= 15 is 0 Å². The number of hydrogen-bond acceptors (Lipinski definition) is 4. The Morgan fingerprint density at radius 3 is 2.61 bits per heavy atom. The Morgan fingerprint density at radius 2 is 2.17 bits per heavy atom. The third-order valence-electron chi connectivity index (χ3n) is 3.41. The molecular weight excluding hydrogens is 254 g/mol. The number of piperazine rings is 1. The molecule has 0 aromatic heterocycles. The van der Waals surface area contributed by atoms with Gasteiger partial charge in [0.25, 0.3) is 0 Å². The average Bonchev–Trinajstić information content (AvgIpc) is 2.31. The number of nitrogens with zero attached hydrogens (tertiary/aromatic N) is 1. The Morgan fingerprint density at radius 1 is 1.61 bits per heavy atom. The van der Waals surface area contributed by atoms with Crippen LogP contribution in [0.1, 0.15) is 27.2 Å². The van der Waals surface area contributed by atoms with E-state index in [9.17, 15) is 14.4 Å². The second-order valence-electron chi connectivity index (χ2n) is 4.57. The first-order chi connectivity index (χ1) is 8.24. The topological polar surface area (TPSA) is 92.5 Å². The first-order valence-corrected chi connectivity index (χ1v) is 6.09. The lowest BCUT2D eigenvalue weighted by atomic mass is 9.85. The molecule has 2 unspecified atom stereocenters. The third kappa shape index (κ3) is 2.35. The van der Waals surface area contributed by atoms with Crippen LogP contribution in [0.5, 0.6) is 0 Å². The molecular formula is C11H17N3O3S. The van der Waals surface area contributed by atoms with Crippen molar-refractivity contribution >= 4 is 34.9 Å². The number of rotatable bonds is 3. The fraction of sp³-hybridized carbons (Fsp3) is 0.636. The summed E-state index contributed by atoms with van der Waals surface area (Å²) in [5, 5.41) is 2.18. The van der Waals surface area contributed by atoms with Crippen LogP contribution in [-0.2, 0) is 14.4 Å². The molecule has 6 nitrogen and oxygen atoms in total. The van der Waals surface area contributed by atoms with E-state index in [-0.39, 0.29) is 17.4 Å². The van der Waals surface area contributed by atoms with Crippen molar-refractivity contribution < 1.29 is 14.4 Å². The molecule has 18 heavy (non-hydrogen) atoms. The smallest absolute Gasteiger partial charge is 0.249 e. The van der Waals surface area contributed by atoms with Gasteiger partial charge in [-0.2, -0.15) is 0 Å². The first kappa shape index (κ1) is 14.6. The molecule has 3 amide bonds. The van der Waals surface area contributed by atoms with Crippen molar-refractivity contribution in [1.82, 2.24) is 10.2 Å². The number of imide groups is 1. The fourth-order valence-electron chi connectivity index (χ4n) is 1.71. The lowest BCUT2D eigenvalue weighted by Gasteiger charge is -2.37. The zero-order valence-corrected chi connectivity index (χ0v) is 11.5. The predicted octanol–water partition coefficient (Wildman–Crippen LogP) is -0.438. The summed E-state index contributed by atoms with van der Waals surface area (Å²) in [6.07, 6.45) is 0.417. The van der Waals surface area contributed by atoms with E-state index in [2.05, 4.69) is 5.32 Å². The van der Waals surface area contributed by atoms with Gasteiger partial charge in [0.2, 0.25) is 17.7 Å². The molecule has 0 spiro atoms. The first-order valence-electron chi connectivity index (χ1n) is 5.68. The maximum atomic E-state index is 12.4. The molecule has 1 saturated heterocycles. The van der Waals surface area contributed by atoms with Crippen molar-refractivity contribution in [2.45, 2.75) is 33.2 Å². The normalized spacial score (nSPS) is 23.3. The number of nitrogens with two attached hydrogens (primary N) is 1. The van der Waals surface area contributed by atoms with Crippen molar-refractivity contribution in [3.8, 4) is 0 Å². The summed E-state index contributed by atoms with van der Waals surface area (Å²) >= 11 is 4.92. The van der Waals surface area contributed by atoms with Crippen LogP contribution in [0.3, 0.4) is 0 Å². The zero-order chi connectivity index (χ0) is 14.1. The van der Waals surface area contributed by atoms with Gasteiger partial charge in [0, 0.05) is 0 Å². The monoisotopic (exact) mass is 271 g/mol. The summed E-state index contributed by atoms with van der Waals surface area (Å²) < 4.78 is 0. The maximum absolute atomic E-state index is 12.4. The van der Waals surface area contributed by atoms with E-state index in [1.807, 2.05) is 0 Å². The minimum Gasteiger partial charge on any atom is -0.392 e. The molecule has 1 rings (SSSR count). The fourth-order valence-corrected chi connectivity index (χ4v) is 1.94. The minimum atomic E-state index is -1.03. The number of carbonyl (C=O) groups is 3. The van der Waals surface area contributed by atoms with Crippen molar-refractivity contribution in [3.63, 3.8) is 0 Å². The van der Waals surface area contributed by atoms with E-state index in [0.29, 0.717) is 6.42 Å². The molecule has 0 saturated carbocycles. The van der Waals surface area contributed by atoms with Crippen LogP contribution in [0, 0.1) is 5.41 Å². The number of amides is 3. The summed E-state index contributed by atoms with van der Waals surface area (Å²) in [6.45, 7) is 4.83. The summed E-state index contributed by atoms with van der Waals surface area (Å²) in [7, 11) is 0. The van der Waals surface area contributed by atoms with Crippen molar-refractivity contribution in [2.24, 2.45) is 11.1 Å². The lowest BCUT2D eigenvalue weighted by molar-refractivity contribution is -0.152. The van der Waals surface area contributed by atoms with E-state index in [1.165, 1.54) is 4.90 Å². The van der Waals surface area contributed by atoms with Gasteiger partial charge in [-0.1, -0.05) is 19.1 Å². The Labute approximate surface area is 111 Å². The SMILES string of the molecule is CCC(C)(C(=O)N1CC(=O)NC(=O)C1C)C(N)=S. The van der Waals surface area contributed by atoms with Crippen LogP contribution in [-0.4, -0.2) is 40.2 Å². The zero-order valence-electron chi connectivity index (χ0n) is 10.6. The minimum absolute atomic E-state index is 0.0700. The van der Waals surface area contributed by atoms with Crippen LogP contribution in [0.15, 0.2) is 0 Å². The van der Waals surface area contributed by atoms with E-state index in [4.69, 9.17) is 18.0 Å². The van der Waals surface area contributed by atoms with E-state index in [0.717, 1.165) is 0 Å². The number of hydrogen-bond donors (Lipinski definition) is 2. The highest BCUT2D eigenvalue weighted by atomic mass is 32.1. The van der Waals surface area contributed by atoms with Gasteiger partial charge < -0.3 is 10.6 Å². The second kappa shape index (κ2) is 5.01. The van der Waals surface area contributed by atoms with Crippen LogP contribution in [0.4, 0.5) is 0 Å². The largest absolute Gasteiger partial charge is 0.392 e. The lowest BCUT2D eigenvalue weighted by Crippen LogP contribution is -2.62. The van der Waals surface area contributed by atoms with E-state index in [1.54, 1.807) is 20.8 Å². The Balaban J connectivity index is 3.05. The predicted molar refractivity (Wildman–Crippen MR) is 69.5 cm³/mol. The molecule has 0 bridgehead atoms. The highest BCUT2D eigenvalue weighted by molar-refractivity contribution is 7.80. The molecule has 1 aliphatic rings. The highest BCUT2D eigenvalue weighted by Gasteiger charge is 2.43. The summed E-state index contributed by atoms with van der Waals surface area (Å²) in [4.78, 5) is 36.6. The molecule has 1 heterocycles. The summed E-state index contributed by atoms with van der Waals surface area (Å²) in [5.41, 5.74) is 4.58. The Bertz CT molecular complexity index is 424. The second-order valence-corrected chi connectivity index (χ2v) is 5.01. The van der Waals surface area contributed by atoms with Crippen molar-refractivity contribution in [1.29, 1.82) is 0 Å². The van der Waals surface area contributed by atoms with Gasteiger partial charge >= 0.3 is 0 Å². The molecule has 1 fully saturated rings. The highest BCUT2D eigenvalue weighted by Crippen LogP contribution is 2.26. The number of nitrogens with one attached hydrogen (secondary N) is 1. The van der Waals surface area contributed by atoms with Crippen molar-refractivity contribution in [2.75, 3.05) is 6.54 Å². The van der Waals surface area contributed by atoms with Gasteiger partial charge in [-0.3, -0.25) is 19.7 Å². The van der Waals surface area contributed by atoms with Crippen LogP contribution >= 0.6 is 12.2 Å². The van der Waals surface area contributed by atoms with Gasteiger partial charge in [0.1, 0.15) is 12.6 Å². The van der Waals surface area contributed by atoms with Crippen LogP contribution in [0.2, 0.25) is 0 Å². The van der Waals surface area contributed by atoms with E-state index < -0.39 is 23.3 Å².